The minimum atomic E-state index is -1.12. The third-order valence-corrected chi connectivity index (χ3v) is 3.17. The minimum Gasteiger partial charge on any atom is -0.312 e. The molecule has 15 heavy (non-hydrogen) atoms. The first-order valence-electron chi connectivity index (χ1n) is 5.07. The summed E-state index contributed by atoms with van der Waals surface area (Å²) in [5, 5.41) is 0. The summed E-state index contributed by atoms with van der Waals surface area (Å²) in [5.74, 6) is 0.476. The highest BCUT2D eigenvalue weighted by molar-refractivity contribution is 7.41. The van der Waals surface area contributed by atoms with Crippen LogP contribution in [0, 0.1) is 5.92 Å². The highest BCUT2D eigenvalue weighted by atomic mass is 31.2. The molecule has 0 atom stereocenters. The predicted molar refractivity (Wildman–Crippen MR) is 59.2 cm³/mol. The van der Waals surface area contributed by atoms with Gasteiger partial charge in [-0.25, -0.2) is 0 Å². The zero-order chi connectivity index (χ0) is 10.5. The maximum atomic E-state index is 5.54. The monoisotopic (exact) mass is 226 g/mol. The number of hydrogen-bond donors (Lipinski definition) is 0. The fraction of sp³-hybridized carbons (Fsp3) is 0.455. The van der Waals surface area contributed by atoms with Gasteiger partial charge < -0.3 is 13.6 Å². The lowest BCUT2D eigenvalue weighted by atomic mass is 10.2. The van der Waals surface area contributed by atoms with Crippen LogP contribution in [0.3, 0.4) is 0 Å². The van der Waals surface area contributed by atoms with Gasteiger partial charge in [0.25, 0.3) is 0 Å². The smallest absolute Gasteiger partial charge is 0.312 e. The number of benzene rings is 1. The van der Waals surface area contributed by atoms with E-state index in [-0.39, 0.29) is 0 Å². The van der Waals surface area contributed by atoms with Gasteiger partial charge in [-0.1, -0.05) is 37.3 Å². The Morgan fingerprint density at radius 2 is 1.93 bits per heavy atom. The van der Waals surface area contributed by atoms with Crippen LogP contribution in [0.15, 0.2) is 30.3 Å². The SMILES string of the molecule is CC1COP(OCc2ccccc2)OC1. The van der Waals surface area contributed by atoms with Crippen molar-refractivity contribution in [3.05, 3.63) is 35.9 Å². The third-order valence-electron chi connectivity index (χ3n) is 2.11. The molecule has 0 N–H and O–H groups in total. The Hall–Kier alpha value is -0.470. The van der Waals surface area contributed by atoms with Gasteiger partial charge in [-0.05, 0) is 5.56 Å². The van der Waals surface area contributed by atoms with Gasteiger partial charge in [0.2, 0.25) is 0 Å². The number of hydrogen-bond acceptors (Lipinski definition) is 3. The van der Waals surface area contributed by atoms with E-state index < -0.39 is 8.60 Å². The molecule has 3 nitrogen and oxygen atoms in total. The van der Waals surface area contributed by atoms with Crippen molar-refractivity contribution in [1.29, 1.82) is 0 Å². The molecule has 0 amide bonds. The summed E-state index contributed by atoms with van der Waals surface area (Å²) in [6.07, 6.45) is 0. The van der Waals surface area contributed by atoms with Crippen molar-refractivity contribution in [2.45, 2.75) is 13.5 Å². The zero-order valence-corrected chi connectivity index (χ0v) is 9.65. The van der Waals surface area contributed by atoms with Crippen LogP contribution in [-0.2, 0) is 20.2 Å². The third kappa shape index (κ3) is 3.54. The summed E-state index contributed by atoms with van der Waals surface area (Å²) in [7, 11) is -1.12. The average Bonchev–Trinajstić information content (AvgIpc) is 2.30. The quantitative estimate of drug-likeness (QED) is 0.741. The fourth-order valence-electron chi connectivity index (χ4n) is 1.24. The molecule has 1 saturated heterocycles. The van der Waals surface area contributed by atoms with Gasteiger partial charge >= 0.3 is 8.60 Å². The Morgan fingerprint density at radius 3 is 2.60 bits per heavy atom. The van der Waals surface area contributed by atoms with Crippen LogP contribution in [0.2, 0.25) is 0 Å². The van der Waals surface area contributed by atoms with Crippen molar-refractivity contribution in [2.24, 2.45) is 5.92 Å². The Balaban J connectivity index is 1.74. The second-order valence-corrected chi connectivity index (χ2v) is 4.90. The maximum Gasteiger partial charge on any atom is 0.333 e. The summed E-state index contributed by atoms with van der Waals surface area (Å²) in [6.45, 7) is 4.13. The molecule has 0 spiro atoms. The van der Waals surface area contributed by atoms with E-state index in [2.05, 4.69) is 6.92 Å². The average molecular weight is 226 g/mol. The molecule has 1 fully saturated rings. The molecule has 0 aliphatic carbocycles. The molecule has 4 heteroatoms. The van der Waals surface area contributed by atoms with Crippen molar-refractivity contribution in [1.82, 2.24) is 0 Å². The highest BCUT2D eigenvalue weighted by Gasteiger charge is 2.21. The second kappa shape index (κ2) is 5.57. The predicted octanol–water partition coefficient (Wildman–Crippen LogP) is 3.11. The van der Waals surface area contributed by atoms with Crippen molar-refractivity contribution in [3.63, 3.8) is 0 Å². The maximum absolute atomic E-state index is 5.54. The van der Waals surface area contributed by atoms with Gasteiger partial charge in [-0.15, -0.1) is 0 Å². The van der Waals surface area contributed by atoms with E-state index in [1.54, 1.807) is 0 Å². The second-order valence-electron chi connectivity index (χ2n) is 3.68. The molecule has 2 rings (SSSR count). The van der Waals surface area contributed by atoms with Gasteiger partial charge in [-0.3, -0.25) is 0 Å². The van der Waals surface area contributed by atoms with Crippen LogP contribution in [0.1, 0.15) is 12.5 Å². The largest absolute Gasteiger partial charge is 0.333 e. The lowest BCUT2D eigenvalue weighted by molar-refractivity contribution is 0.0763. The first-order chi connectivity index (χ1) is 7.34. The van der Waals surface area contributed by atoms with Crippen molar-refractivity contribution < 1.29 is 13.6 Å². The molecule has 82 valence electrons. The fourth-order valence-corrected chi connectivity index (χ4v) is 2.47. The van der Waals surface area contributed by atoms with Gasteiger partial charge in [-0.2, -0.15) is 0 Å². The number of rotatable bonds is 3. The normalized spacial score (nSPS) is 26.5. The van der Waals surface area contributed by atoms with E-state index in [9.17, 15) is 0 Å². The molecule has 0 radical (unpaired) electrons. The lowest BCUT2D eigenvalue weighted by Crippen LogP contribution is -2.16. The van der Waals surface area contributed by atoms with Gasteiger partial charge in [0, 0.05) is 5.92 Å². The summed E-state index contributed by atoms with van der Waals surface area (Å²) in [5.41, 5.74) is 1.14. The Kier molecular flexibility index (Phi) is 4.09. The molecule has 0 bridgehead atoms. The van der Waals surface area contributed by atoms with Crippen LogP contribution in [0.5, 0.6) is 0 Å². The first kappa shape index (κ1) is 11.0. The van der Waals surface area contributed by atoms with E-state index >= 15 is 0 Å². The summed E-state index contributed by atoms with van der Waals surface area (Å²) < 4.78 is 16.4. The summed E-state index contributed by atoms with van der Waals surface area (Å²) in [4.78, 5) is 0. The standard InChI is InChI=1S/C11H15O3P/c1-10-7-12-15(13-8-10)14-9-11-5-3-2-4-6-11/h2-6,10H,7-9H2,1H3. The van der Waals surface area contributed by atoms with Crippen molar-refractivity contribution in [2.75, 3.05) is 13.2 Å². The van der Waals surface area contributed by atoms with E-state index in [0.717, 1.165) is 18.8 Å². The van der Waals surface area contributed by atoms with Crippen LogP contribution in [0.25, 0.3) is 0 Å². The minimum absolute atomic E-state index is 0.476. The summed E-state index contributed by atoms with van der Waals surface area (Å²) in [6, 6.07) is 10.0. The molecular weight excluding hydrogens is 211 g/mol. The molecule has 0 aromatic heterocycles. The molecular formula is C11H15O3P. The molecule has 0 saturated carbocycles. The van der Waals surface area contributed by atoms with E-state index in [1.807, 2.05) is 30.3 Å². The zero-order valence-electron chi connectivity index (χ0n) is 8.76. The topological polar surface area (TPSA) is 27.7 Å². The van der Waals surface area contributed by atoms with Crippen LogP contribution in [0.4, 0.5) is 0 Å². The van der Waals surface area contributed by atoms with E-state index in [0.29, 0.717) is 12.5 Å². The van der Waals surface area contributed by atoms with Crippen molar-refractivity contribution in [3.8, 4) is 0 Å². The van der Waals surface area contributed by atoms with Gasteiger partial charge in [0.1, 0.15) is 0 Å². The van der Waals surface area contributed by atoms with Crippen molar-refractivity contribution >= 4 is 8.60 Å². The van der Waals surface area contributed by atoms with E-state index in [4.69, 9.17) is 13.6 Å². The molecule has 1 aromatic rings. The Labute approximate surface area is 91.4 Å². The Bertz CT molecular complexity index is 283. The lowest BCUT2D eigenvalue weighted by Gasteiger charge is -2.24. The molecule has 0 unspecified atom stereocenters. The summed E-state index contributed by atoms with van der Waals surface area (Å²) >= 11 is 0. The Morgan fingerprint density at radius 1 is 1.27 bits per heavy atom. The highest BCUT2D eigenvalue weighted by Crippen LogP contribution is 2.44. The molecule has 1 aliphatic heterocycles. The van der Waals surface area contributed by atoms with Crippen LogP contribution in [-0.4, -0.2) is 13.2 Å². The molecule has 1 aromatic carbocycles. The van der Waals surface area contributed by atoms with Gasteiger partial charge in [0.05, 0.1) is 19.8 Å². The molecule has 1 aliphatic rings. The van der Waals surface area contributed by atoms with E-state index in [1.165, 1.54) is 0 Å². The molecule has 1 heterocycles. The van der Waals surface area contributed by atoms with Gasteiger partial charge in [0.15, 0.2) is 0 Å². The van der Waals surface area contributed by atoms with Crippen LogP contribution < -0.4 is 0 Å². The van der Waals surface area contributed by atoms with Crippen LogP contribution >= 0.6 is 8.60 Å². The first-order valence-corrected chi connectivity index (χ1v) is 6.17.